The lowest BCUT2D eigenvalue weighted by atomic mass is 10.1. The Labute approximate surface area is 328 Å². The number of hydrogen-bond donors (Lipinski definition) is 7. The zero-order valence-corrected chi connectivity index (χ0v) is 31.2. The third-order valence-corrected chi connectivity index (χ3v) is 8.45. The van der Waals surface area contributed by atoms with Gasteiger partial charge in [0.2, 0.25) is 0 Å². The molecule has 55 heavy (non-hydrogen) atoms. The number of aromatic nitrogens is 2. The molecule has 0 saturated carbocycles. The fourth-order valence-electron chi connectivity index (χ4n) is 5.06. The molecule has 0 saturated heterocycles. The van der Waals surface area contributed by atoms with E-state index >= 15 is 0 Å². The first-order chi connectivity index (χ1) is 26.6. The highest BCUT2D eigenvalue weighted by Crippen LogP contribution is 2.20. The van der Waals surface area contributed by atoms with Crippen LogP contribution < -0.4 is 32.7 Å². The Balaban J connectivity index is 0.000000211. The molecule has 0 aliphatic carbocycles. The van der Waals surface area contributed by atoms with Gasteiger partial charge in [-0.15, -0.1) is 0 Å². The topological polar surface area (TPSA) is 196 Å². The summed E-state index contributed by atoms with van der Waals surface area (Å²) in [6.45, 7) is 1.09. The second kappa shape index (κ2) is 19.4. The summed E-state index contributed by atoms with van der Waals surface area (Å²) in [4.78, 5) is 37.4. The van der Waals surface area contributed by atoms with Crippen LogP contribution in [0.4, 0.5) is 23.0 Å². The van der Waals surface area contributed by atoms with Gasteiger partial charge in [-0.1, -0.05) is 96.0 Å². The second-order valence-electron chi connectivity index (χ2n) is 11.8. The van der Waals surface area contributed by atoms with Crippen LogP contribution in [0.2, 0.25) is 10.0 Å². The van der Waals surface area contributed by atoms with Crippen molar-refractivity contribution in [2.45, 2.75) is 13.1 Å². The molecular formula is C41H38Cl2N10O2. The fourth-order valence-corrected chi connectivity index (χ4v) is 5.28. The van der Waals surface area contributed by atoms with Gasteiger partial charge in [0.15, 0.2) is 0 Å². The summed E-state index contributed by atoms with van der Waals surface area (Å²) in [6.07, 6.45) is 2.97. The number of pyridine rings is 2. The van der Waals surface area contributed by atoms with E-state index in [1.54, 1.807) is 61.6 Å². The van der Waals surface area contributed by atoms with Gasteiger partial charge < -0.3 is 32.7 Å². The van der Waals surface area contributed by atoms with E-state index < -0.39 is 0 Å². The maximum Gasteiger partial charge on any atom is 0.258 e. The van der Waals surface area contributed by atoms with Crippen molar-refractivity contribution in [1.29, 1.82) is 5.41 Å². The number of nitrogen functional groups attached to an aromatic ring is 1. The van der Waals surface area contributed by atoms with Gasteiger partial charge in [0.1, 0.15) is 23.3 Å². The molecule has 12 nitrogen and oxygen atoms in total. The molecule has 0 fully saturated rings. The van der Waals surface area contributed by atoms with E-state index in [0.29, 0.717) is 63.0 Å². The standard InChI is InChI=1S/C21H20ClN5O.C20H18ClN5O/c1-24-20(23)15-8-6-14(7-9-15)12-25-18-5-3-2-4-17(18)21(28)27-19-11-10-16(22)13-26-19;21-15-9-10-18(25-12-15)26-20(27)16-3-1-2-4-17(16)24-11-13-5-7-14(8-6-13)19(22)23/h2-11,13,25H,12H2,1H3,(H2,23,24)(H,26,27,28);1-10,12,24H,11H2,(H3,22,23)(H,25,26,27). The Morgan fingerprint density at radius 3 is 1.42 bits per heavy atom. The number of nitrogens with two attached hydrogens (primary N) is 2. The highest BCUT2D eigenvalue weighted by molar-refractivity contribution is 6.30. The van der Waals surface area contributed by atoms with Gasteiger partial charge in [-0.05, 0) is 59.7 Å². The first kappa shape index (κ1) is 39.4. The Morgan fingerprint density at radius 1 is 0.618 bits per heavy atom. The molecule has 0 atom stereocenters. The molecule has 2 amide bonds. The molecule has 0 radical (unpaired) electrons. The summed E-state index contributed by atoms with van der Waals surface area (Å²) in [5, 5.41) is 20.5. The molecule has 0 aliphatic heterocycles. The number of para-hydroxylation sites is 2. The summed E-state index contributed by atoms with van der Waals surface area (Å²) < 4.78 is 0. The predicted molar refractivity (Wildman–Crippen MR) is 222 cm³/mol. The number of hydrogen-bond acceptors (Lipinski definition) is 8. The molecule has 0 unspecified atom stereocenters. The number of halogens is 2. The van der Waals surface area contributed by atoms with E-state index in [2.05, 4.69) is 36.2 Å². The smallest absolute Gasteiger partial charge is 0.258 e. The van der Waals surface area contributed by atoms with Crippen LogP contribution in [0.5, 0.6) is 0 Å². The van der Waals surface area contributed by atoms with Gasteiger partial charge in [0, 0.05) is 55.0 Å². The zero-order chi connectivity index (χ0) is 39.2. The maximum atomic E-state index is 12.6. The first-order valence-electron chi connectivity index (χ1n) is 16.9. The van der Waals surface area contributed by atoms with Crippen molar-refractivity contribution in [2.75, 3.05) is 28.3 Å². The lowest BCUT2D eigenvalue weighted by Gasteiger charge is -2.12. The van der Waals surface area contributed by atoms with Crippen LogP contribution in [0.15, 0.2) is 139 Å². The number of amidine groups is 2. The predicted octanol–water partition coefficient (Wildman–Crippen LogP) is 7.82. The lowest BCUT2D eigenvalue weighted by molar-refractivity contribution is 0.101. The van der Waals surface area contributed by atoms with Gasteiger partial charge in [0.05, 0.1) is 21.2 Å². The van der Waals surface area contributed by atoms with Gasteiger partial charge in [-0.2, -0.15) is 0 Å². The quantitative estimate of drug-likeness (QED) is 0.0483. The Morgan fingerprint density at radius 2 is 1.04 bits per heavy atom. The van der Waals surface area contributed by atoms with Crippen LogP contribution in [0, 0.1) is 5.41 Å². The molecule has 14 heteroatoms. The summed E-state index contributed by atoms with van der Waals surface area (Å²) in [5.74, 6) is 0.888. The molecule has 0 spiro atoms. The van der Waals surface area contributed by atoms with Crippen molar-refractivity contribution < 1.29 is 9.59 Å². The molecule has 4 aromatic carbocycles. The van der Waals surface area contributed by atoms with Crippen molar-refractivity contribution in [3.8, 4) is 0 Å². The molecule has 9 N–H and O–H groups in total. The molecule has 0 aliphatic rings. The number of rotatable bonds is 12. The highest BCUT2D eigenvalue weighted by Gasteiger charge is 2.13. The zero-order valence-electron chi connectivity index (χ0n) is 29.7. The van der Waals surface area contributed by atoms with Crippen molar-refractivity contribution in [3.05, 3.63) is 177 Å². The van der Waals surface area contributed by atoms with Crippen molar-refractivity contribution in [1.82, 2.24) is 9.97 Å². The number of anilines is 4. The highest BCUT2D eigenvalue weighted by atomic mass is 35.5. The van der Waals surface area contributed by atoms with Gasteiger partial charge >= 0.3 is 0 Å². The SMILES string of the molecule is CN=C(N)c1ccc(CNc2ccccc2C(=O)Nc2ccc(Cl)cn2)cc1.N=C(N)c1ccc(CNc2ccccc2C(=O)Nc2ccc(Cl)cn2)cc1. The summed E-state index contributed by atoms with van der Waals surface area (Å²) in [6, 6.07) is 36.4. The van der Waals surface area contributed by atoms with Crippen LogP contribution in [0.25, 0.3) is 0 Å². The number of carbonyl (C=O) groups excluding carboxylic acids is 2. The number of aliphatic imine (C=N–C) groups is 1. The third-order valence-electron chi connectivity index (χ3n) is 8.00. The van der Waals surface area contributed by atoms with Gasteiger partial charge in [-0.25, -0.2) is 9.97 Å². The van der Waals surface area contributed by atoms with Crippen molar-refractivity contribution >= 4 is 69.7 Å². The average Bonchev–Trinajstić information content (AvgIpc) is 3.21. The minimum Gasteiger partial charge on any atom is -0.384 e. The summed E-state index contributed by atoms with van der Waals surface area (Å²) in [7, 11) is 1.66. The minimum atomic E-state index is -0.264. The lowest BCUT2D eigenvalue weighted by Crippen LogP contribution is -2.15. The number of amides is 2. The van der Waals surface area contributed by atoms with Crippen LogP contribution in [0.3, 0.4) is 0 Å². The van der Waals surface area contributed by atoms with E-state index in [1.165, 1.54) is 12.4 Å². The number of carbonyl (C=O) groups is 2. The molecule has 6 rings (SSSR count). The average molecular weight is 774 g/mol. The largest absolute Gasteiger partial charge is 0.384 e. The van der Waals surface area contributed by atoms with E-state index in [-0.39, 0.29) is 17.6 Å². The number of nitrogens with one attached hydrogen (secondary N) is 5. The second-order valence-corrected chi connectivity index (χ2v) is 12.7. The van der Waals surface area contributed by atoms with Gasteiger partial charge in [-0.3, -0.25) is 20.0 Å². The Hall–Kier alpha value is -6.76. The number of nitrogens with zero attached hydrogens (tertiary/aromatic N) is 3. The Bertz CT molecular complexity index is 2260. The Kier molecular flexibility index (Phi) is 13.9. The van der Waals surface area contributed by atoms with Crippen LogP contribution in [-0.2, 0) is 13.1 Å². The molecule has 2 aromatic heterocycles. The third kappa shape index (κ3) is 11.6. The van der Waals surface area contributed by atoms with E-state index in [4.69, 9.17) is 40.1 Å². The summed E-state index contributed by atoms with van der Waals surface area (Å²) >= 11 is 11.6. The van der Waals surface area contributed by atoms with E-state index in [0.717, 1.165) is 22.4 Å². The molecule has 6 aromatic rings. The molecule has 0 bridgehead atoms. The molecular weight excluding hydrogens is 735 g/mol. The van der Waals surface area contributed by atoms with Crippen LogP contribution >= 0.6 is 23.2 Å². The van der Waals surface area contributed by atoms with E-state index in [9.17, 15) is 9.59 Å². The normalized spacial score (nSPS) is 10.7. The maximum absolute atomic E-state index is 12.6. The number of benzene rings is 4. The molecule has 2 heterocycles. The van der Waals surface area contributed by atoms with Crippen LogP contribution in [-0.4, -0.2) is 40.5 Å². The fraction of sp³-hybridized carbons (Fsp3) is 0.0732. The minimum absolute atomic E-state index is 0.0346. The van der Waals surface area contributed by atoms with Crippen LogP contribution in [0.1, 0.15) is 43.0 Å². The molecule has 278 valence electrons. The van der Waals surface area contributed by atoms with Crippen molar-refractivity contribution in [3.63, 3.8) is 0 Å². The summed E-state index contributed by atoms with van der Waals surface area (Å²) in [5.41, 5.74) is 17.4. The van der Waals surface area contributed by atoms with Gasteiger partial charge in [0.25, 0.3) is 11.8 Å². The van der Waals surface area contributed by atoms with E-state index in [1.807, 2.05) is 66.7 Å². The first-order valence-corrected chi connectivity index (χ1v) is 17.6. The monoisotopic (exact) mass is 772 g/mol. The van der Waals surface area contributed by atoms with Crippen molar-refractivity contribution in [2.24, 2.45) is 16.5 Å².